The van der Waals surface area contributed by atoms with Gasteiger partial charge >= 0.3 is 0 Å². The summed E-state index contributed by atoms with van der Waals surface area (Å²) in [5.74, 6) is 0. The van der Waals surface area contributed by atoms with E-state index in [0.717, 1.165) is 6.42 Å². The highest BCUT2D eigenvalue weighted by Crippen LogP contribution is 2.49. The van der Waals surface area contributed by atoms with Gasteiger partial charge in [-0.3, -0.25) is 0 Å². The van der Waals surface area contributed by atoms with E-state index in [1.165, 1.54) is 17.3 Å². The van der Waals surface area contributed by atoms with Crippen LogP contribution in [-0.2, 0) is 6.42 Å². The zero-order valence-electron chi connectivity index (χ0n) is 12.5. The van der Waals surface area contributed by atoms with Gasteiger partial charge in [0, 0.05) is 6.20 Å². The molecule has 0 fully saturated rings. The predicted octanol–water partition coefficient (Wildman–Crippen LogP) is 2.94. The molecule has 20 heavy (non-hydrogen) atoms. The molecule has 0 spiro atoms. The molecular weight excluding hydrogens is 248 g/mol. The van der Waals surface area contributed by atoms with Gasteiger partial charge in [0.2, 0.25) is 0 Å². The molecule has 1 aliphatic carbocycles. The smallest absolute Gasteiger partial charge is 0.0926 e. The predicted molar refractivity (Wildman–Crippen MR) is 82.7 cm³/mol. The molecule has 0 aliphatic heterocycles. The minimum atomic E-state index is -0.624. The van der Waals surface area contributed by atoms with E-state index in [2.05, 4.69) is 44.7 Å². The van der Waals surface area contributed by atoms with Gasteiger partial charge in [-0.25, -0.2) is 0 Å². The summed E-state index contributed by atoms with van der Waals surface area (Å²) in [4.78, 5) is 2.01. The highest BCUT2D eigenvalue weighted by atomic mass is 16.3. The first-order valence-electron chi connectivity index (χ1n) is 7.01. The van der Waals surface area contributed by atoms with E-state index in [1.54, 1.807) is 13.1 Å². The standard InChI is InChI=1S/C17H24N2O/c1-5-19(15(11-18)12(2)20)16-14-9-7-6-8-13(14)10-17(16,3)4/h5-9,11-12,16,20H,1,10,18H2,2-4H3/b15-11-. The van der Waals surface area contributed by atoms with Crippen LogP contribution in [0, 0.1) is 5.41 Å². The van der Waals surface area contributed by atoms with E-state index in [1.807, 2.05) is 4.90 Å². The molecule has 3 heteroatoms. The molecule has 0 saturated heterocycles. The lowest BCUT2D eigenvalue weighted by atomic mass is 9.84. The molecule has 0 saturated carbocycles. The molecule has 3 nitrogen and oxygen atoms in total. The fourth-order valence-electron chi connectivity index (χ4n) is 3.30. The van der Waals surface area contributed by atoms with Crippen LogP contribution in [-0.4, -0.2) is 16.1 Å². The minimum Gasteiger partial charge on any atom is -0.403 e. The lowest BCUT2D eigenvalue weighted by Gasteiger charge is -2.39. The van der Waals surface area contributed by atoms with E-state index < -0.39 is 6.10 Å². The summed E-state index contributed by atoms with van der Waals surface area (Å²) < 4.78 is 0. The zero-order valence-corrected chi connectivity index (χ0v) is 12.5. The van der Waals surface area contributed by atoms with Crippen molar-refractivity contribution in [3.8, 4) is 0 Å². The average Bonchev–Trinajstić information content (AvgIpc) is 2.65. The summed E-state index contributed by atoms with van der Waals surface area (Å²) in [6.45, 7) is 10.1. The summed E-state index contributed by atoms with van der Waals surface area (Å²) in [7, 11) is 0. The molecule has 0 heterocycles. The number of rotatable bonds is 4. The Morgan fingerprint density at radius 2 is 2.15 bits per heavy atom. The fourth-order valence-corrected chi connectivity index (χ4v) is 3.30. The number of aliphatic hydroxyl groups is 1. The van der Waals surface area contributed by atoms with Gasteiger partial charge in [-0.1, -0.05) is 44.7 Å². The Hall–Kier alpha value is -1.74. The molecule has 1 aliphatic rings. The van der Waals surface area contributed by atoms with Crippen LogP contribution in [0.5, 0.6) is 0 Å². The number of hydrogen-bond acceptors (Lipinski definition) is 3. The Morgan fingerprint density at radius 3 is 2.70 bits per heavy atom. The molecule has 2 unspecified atom stereocenters. The van der Waals surface area contributed by atoms with Crippen molar-refractivity contribution in [2.24, 2.45) is 11.1 Å². The van der Waals surface area contributed by atoms with E-state index in [4.69, 9.17) is 5.73 Å². The van der Waals surface area contributed by atoms with Gasteiger partial charge < -0.3 is 15.7 Å². The molecular formula is C17H24N2O. The molecule has 0 bridgehead atoms. The van der Waals surface area contributed by atoms with Crippen LogP contribution < -0.4 is 5.73 Å². The fraction of sp³-hybridized carbons (Fsp3) is 0.412. The summed E-state index contributed by atoms with van der Waals surface area (Å²) in [6.07, 6.45) is 3.63. The van der Waals surface area contributed by atoms with Crippen LogP contribution >= 0.6 is 0 Å². The third-order valence-electron chi connectivity index (χ3n) is 4.11. The Kier molecular flexibility index (Phi) is 3.91. The number of benzene rings is 1. The van der Waals surface area contributed by atoms with E-state index in [9.17, 15) is 5.11 Å². The van der Waals surface area contributed by atoms with Crippen molar-refractivity contribution in [2.45, 2.75) is 39.3 Å². The molecule has 2 rings (SSSR count). The maximum Gasteiger partial charge on any atom is 0.0926 e. The maximum atomic E-state index is 9.95. The Balaban J connectivity index is 2.51. The molecule has 108 valence electrons. The molecule has 0 amide bonds. The van der Waals surface area contributed by atoms with E-state index >= 15 is 0 Å². The van der Waals surface area contributed by atoms with Crippen molar-refractivity contribution in [1.82, 2.24) is 4.90 Å². The molecule has 0 aromatic heterocycles. The van der Waals surface area contributed by atoms with Crippen molar-refractivity contribution in [3.05, 3.63) is 60.1 Å². The van der Waals surface area contributed by atoms with E-state index in [0.29, 0.717) is 5.70 Å². The monoisotopic (exact) mass is 272 g/mol. The van der Waals surface area contributed by atoms with Gasteiger partial charge in [0.15, 0.2) is 0 Å². The second-order valence-corrected chi connectivity index (χ2v) is 6.12. The maximum absolute atomic E-state index is 9.95. The van der Waals surface area contributed by atoms with Gasteiger partial charge in [0.25, 0.3) is 0 Å². The second-order valence-electron chi connectivity index (χ2n) is 6.12. The minimum absolute atomic E-state index is 0.0566. The second kappa shape index (κ2) is 5.33. The van der Waals surface area contributed by atoms with Crippen LogP contribution in [0.1, 0.15) is 37.9 Å². The number of hydrogen-bond donors (Lipinski definition) is 2. The number of nitrogens with two attached hydrogens (primary N) is 1. The van der Waals surface area contributed by atoms with Gasteiger partial charge in [-0.05, 0) is 36.1 Å². The Morgan fingerprint density at radius 1 is 1.50 bits per heavy atom. The lowest BCUT2D eigenvalue weighted by molar-refractivity contribution is 0.131. The summed E-state index contributed by atoms with van der Waals surface area (Å²) in [6, 6.07) is 8.60. The van der Waals surface area contributed by atoms with Crippen molar-refractivity contribution < 1.29 is 5.11 Å². The summed E-state index contributed by atoms with van der Waals surface area (Å²) in [5.41, 5.74) is 9.11. The van der Waals surface area contributed by atoms with E-state index in [-0.39, 0.29) is 11.5 Å². The van der Waals surface area contributed by atoms with Gasteiger partial charge in [-0.2, -0.15) is 0 Å². The van der Waals surface area contributed by atoms with Crippen LogP contribution in [0.2, 0.25) is 0 Å². The first-order valence-corrected chi connectivity index (χ1v) is 7.01. The SMILES string of the molecule is C=CN(/C(=C\N)C(C)O)C1c2ccccc2CC1(C)C. The third kappa shape index (κ3) is 2.34. The average molecular weight is 272 g/mol. The Bertz CT molecular complexity index is 532. The van der Waals surface area contributed by atoms with Crippen molar-refractivity contribution in [3.63, 3.8) is 0 Å². The van der Waals surface area contributed by atoms with Gasteiger partial charge in [0.1, 0.15) is 0 Å². The molecule has 1 aromatic carbocycles. The van der Waals surface area contributed by atoms with Crippen LogP contribution in [0.4, 0.5) is 0 Å². The van der Waals surface area contributed by atoms with Gasteiger partial charge in [0.05, 0.1) is 17.8 Å². The molecule has 2 atom stereocenters. The van der Waals surface area contributed by atoms with Crippen LogP contribution in [0.25, 0.3) is 0 Å². The quantitative estimate of drug-likeness (QED) is 0.886. The first kappa shape index (κ1) is 14.7. The Labute approximate surface area is 121 Å². The van der Waals surface area contributed by atoms with Crippen LogP contribution in [0.15, 0.2) is 48.9 Å². The van der Waals surface area contributed by atoms with Crippen molar-refractivity contribution in [1.29, 1.82) is 0 Å². The first-order chi connectivity index (χ1) is 9.42. The van der Waals surface area contributed by atoms with Crippen molar-refractivity contribution >= 4 is 0 Å². The molecule has 3 N–H and O–H groups in total. The highest BCUT2D eigenvalue weighted by molar-refractivity contribution is 5.39. The zero-order chi connectivity index (χ0) is 14.9. The van der Waals surface area contributed by atoms with Gasteiger partial charge in [-0.15, -0.1) is 0 Å². The largest absolute Gasteiger partial charge is 0.403 e. The normalized spacial score (nSPS) is 22.2. The number of nitrogens with zero attached hydrogens (tertiary/aromatic N) is 1. The third-order valence-corrected chi connectivity index (χ3v) is 4.11. The summed E-state index contributed by atoms with van der Waals surface area (Å²) in [5, 5.41) is 9.95. The lowest BCUT2D eigenvalue weighted by Crippen LogP contribution is -2.35. The van der Waals surface area contributed by atoms with Crippen LogP contribution in [0.3, 0.4) is 0 Å². The highest BCUT2D eigenvalue weighted by Gasteiger charge is 2.42. The molecule has 0 radical (unpaired) electrons. The summed E-state index contributed by atoms with van der Waals surface area (Å²) >= 11 is 0. The molecule has 1 aromatic rings. The topological polar surface area (TPSA) is 49.5 Å². The number of aliphatic hydroxyl groups excluding tert-OH is 1. The number of fused-ring (bicyclic) bond motifs is 1. The van der Waals surface area contributed by atoms with Crippen molar-refractivity contribution in [2.75, 3.05) is 0 Å².